The molecule has 2 amide bonds. The molecule has 3 N–H and O–H groups in total. The first kappa shape index (κ1) is 25.2. The second kappa shape index (κ2) is 11.6. The minimum absolute atomic E-state index is 0.0149. The monoisotopic (exact) mass is 445 g/mol. The van der Waals surface area contributed by atoms with Gasteiger partial charge in [0, 0.05) is 19.0 Å². The van der Waals surface area contributed by atoms with Crippen molar-refractivity contribution in [2.75, 3.05) is 25.9 Å². The molecule has 1 aromatic heterocycles. The normalized spacial score (nSPS) is 18.2. The summed E-state index contributed by atoms with van der Waals surface area (Å²) >= 11 is 0. The highest BCUT2D eigenvalue weighted by molar-refractivity contribution is 5.82. The smallest absolute Gasteiger partial charge is 0.410 e. The summed E-state index contributed by atoms with van der Waals surface area (Å²) < 4.78 is 10.9. The van der Waals surface area contributed by atoms with E-state index in [2.05, 4.69) is 27.1 Å². The van der Waals surface area contributed by atoms with Crippen LogP contribution in [0.3, 0.4) is 0 Å². The molecule has 0 unspecified atom stereocenters. The van der Waals surface area contributed by atoms with E-state index in [1.807, 2.05) is 6.92 Å². The first-order valence-electron chi connectivity index (χ1n) is 11.1. The summed E-state index contributed by atoms with van der Waals surface area (Å²) in [6.45, 7) is 7.85. The van der Waals surface area contributed by atoms with Crippen molar-refractivity contribution in [1.29, 1.82) is 0 Å². The number of nitrogens with two attached hydrogens (primary N) is 1. The zero-order valence-corrected chi connectivity index (χ0v) is 19.7. The van der Waals surface area contributed by atoms with Crippen LogP contribution in [0, 0.1) is 17.8 Å². The van der Waals surface area contributed by atoms with Crippen molar-refractivity contribution in [3.63, 3.8) is 0 Å². The number of aromatic nitrogens is 2. The van der Waals surface area contributed by atoms with Gasteiger partial charge in [0.05, 0.1) is 12.8 Å². The number of nitrogen functional groups attached to an aromatic ring is 1. The van der Waals surface area contributed by atoms with Crippen LogP contribution in [0.2, 0.25) is 0 Å². The van der Waals surface area contributed by atoms with Crippen LogP contribution in [0.5, 0.6) is 5.88 Å². The summed E-state index contributed by atoms with van der Waals surface area (Å²) in [4.78, 5) is 33.9. The molecule has 9 heteroatoms. The summed E-state index contributed by atoms with van der Waals surface area (Å²) in [5.74, 6) is 6.88. The predicted molar refractivity (Wildman–Crippen MR) is 122 cm³/mol. The quantitative estimate of drug-likeness (QED) is 0.646. The number of anilines is 1. The molecule has 0 bridgehead atoms. The van der Waals surface area contributed by atoms with Crippen molar-refractivity contribution in [2.45, 2.75) is 71.4 Å². The van der Waals surface area contributed by atoms with Crippen LogP contribution < -0.4 is 15.8 Å². The number of nitrogens with one attached hydrogen (secondary N) is 1. The Bertz CT molecular complexity index is 856. The predicted octanol–water partition coefficient (Wildman–Crippen LogP) is 2.74. The van der Waals surface area contributed by atoms with E-state index >= 15 is 0 Å². The third kappa shape index (κ3) is 8.61. The highest BCUT2D eigenvalue weighted by atomic mass is 16.6. The Labute approximate surface area is 190 Å². The molecule has 1 heterocycles. The van der Waals surface area contributed by atoms with Gasteiger partial charge in [0.15, 0.2) is 0 Å². The zero-order valence-electron chi connectivity index (χ0n) is 19.7. The van der Waals surface area contributed by atoms with Gasteiger partial charge in [-0.25, -0.2) is 9.78 Å². The lowest BCUT2D eigenvalue weighted by Crippen LogP contribution is -2.45. The van der Waals surface area contributed by atoms with Gasteiger partial charge in [-0.15, -0.1) is 0 Å². The topological polar surface area (TPSA) is 120 Å². The Morgan fingerprint density at radius 2 is 2.09 bits per heavy atom. The third-order valence-corrected chi connectivity index (χ3v) is 4.75. The second-order valence-electron chi connectivity index (χ2n) is 9.03. The molecule has 1 aliphatic carbocycles. The average Bonchev–Trinajstić information content (AvgIpc) is 2.70. The number of carbonyl (C=O) groups excluding carboxylic acids is 2. The summed E-state index contributed by atoms with van der Waals surface area (Å²) in [6, 6.07) is 0.0149. The number of nitrogens with zero attached hydrogens (tertiary/aromatic N) is 3. The molecule has 1 fully saturated rings. The minimum atomic E-state index is -0.603. The molecule has 9 nitrogen and oxygen atoms in total. The van der Waals surface area contributed by atoms with Gasteiger partial charge in [-0.05, 0) is 46.5 Å². The SMILES string of the molecule is CCCOc1nc(N)ncc1C#C[C@@H]1CCC[C@H](NC(=O)CN(C)C(=O)OC(C)(C)C)C1. The van der Waals surface area contributed by atoms with E-state index in [9.17, 15) is 9.59 Å². The van der Waals surface area contributed by atoms with Gasteiger partial charge in [-0.3, -0.25) is 4.79 Å². The molecular weight excluding hydrogens is 410 g/mol. The van der Waals surface area contributed by atoms with Crippen LogP contribution in [-0.4, -0.2) is 58.7 Å². The maximum absolute atomic E-state index is 12.4. The number of rotatable bonds is 6. The molecule has 32 heavy (non-hydrogen) atoms. The highest BCUT2D eigenvalue weighted by Crippen LogP contribution is 2.24. The summed E-state index contributed by atoms with van der Waals surface area (Å²) in [5, 5.41) is 3.02. The lowest BCUT2D eigenvalue weighted by atomic mass is 9.86. The number of amides is 2. The second-order valence-corrected chi connectivity index (χ2v) is 9.03. The van der Waals surface area contributed by atoms with Crippen molar-refractivity contribution in [1.82, 2.24) is 20.2 Å². The van der Waals surface area contributed by atoms with Crippen LogP contribution in [0.1, 0.15) is 65.4 Å². The lowest BCUT2D eigenvalue weighted by Gasteiger charge is -2.28. The van der Waals surface area contributed by atoms with Crippen LogP contribution in [-0.2, 0) is 9.53 Å². The van der Waals surface area contributed by atoms with E-state index in [-0.39, 0.29) is 30.4 Å². The van der Waals surface area contributed by atoms with Crippen molar-refractivity contribution >= 4 is 17.9 Å². The fourth-order valence-electron chi connectivity index (χ4n) is 3.30. The number of hydrogen-bond acceptors (Lipinski definition) is 7. The minimum Gasteiger partial charge on any atom is -0.477 e. The Kier molecular flexibility index (Phi) is 9.12. The van der Waals surface area contributed by atoms with Crippen molar-refractivity contribution < 1.29 is 19.1 Å². The molecule has 0 radical (unpaired) electrons. The fraction of sp³-hybridized carbons (Fsp3) is 0.652. The van der Waals surface area contributed by atoms with E-state index in [1.165, 1.54) is 4.90 Å². The van der Waals surface area contributed by atoms with Gasteiger partial charge in [0.1, 0.15) is 17.7 Å². The molecule has 2 atom stereocenters. The van der Waals surface area contributed by atoms with Crippen molar-refractivity contribution in [3.8, 4) is 17.7 Å². The molecule has 0 aromatic carbocycles. The summed E-state index contributed by atoms with van der Waals surface area (Å²) in [7, 11) is 1.55. The zero-order chi connectivity index (χ0) is 23.7. The number of ether oxygens (including phenoxy) is 2. The molecular formula is C23H35N5O4. The number of likely N-dealkylation sites (N-methyl/N-ethyl adjacent to an activating group) is 1. The van der Waals surface area contributed by atoms with Crippen LogP contribution in [0.25, 0.3) is 0 Å². The van der Waals surface area contributed by atoms with Gasteiger partial charge in [0.25, 0.3) is 0 Å². The molecule has 176 valence electrons. The first-order valence-corrected chi connectivity index (χ1v) is 11.1. The largest absolute Gasteiger partial charge is 0.477 e. The van der Waals surface area contributed by atoms with Crippen LogP contribution >= 0.6 is 0 Å². The van der Waals surface area contributed by atoms with Gasteiger partial charge >= 0.3 is 6.09 Å². The Morgan fingerprint density at radius 1 is 1.34 bits per heavy atom. The maximum Gasteiger partial charge on any atom is 0.410 e. The molecule has 0 saturated heterocycles. The number of carbonyl (C=O) groups is 2. The standard InChI is InChI=1S/C23H35N5O4/c1-6-12-31-20-17(14-25-21(24)27-20)11-10-16-8-7-9-18(13-16)26-19(29)15-28(5)22(30)32-23(2,3)4/h14,16,18H,6-9,12-13,15H2,1-5H3,(H,26,29)(H2,24,25,27)/t16-,18-/m0/s1. The first-order chi connectivity index (χ1) is 15.1. The van der Waals surface area contributed by atoms with E-state index in [0.29, 0.717) is 18.1 Å². The average molecular weight is 446 g/mol. The summed E-state index contributed by atoms with van der Waals surface area (Å²) in [6.07, 6.45) is 5.46. The Hall–Kier alpha value is -3.02. The van der Waals surface area contributed by atoms with Gasteiger partial charge in [-0.2, -0.15) is 4.98 Å². The van der Waals surface area contributed by atoms with Gasteiger partial charge < -0.3 is 25.4 Å². The molecule has 0 spiro atoms. The van der Waals surface area contributed by atoms with Crippen LogP contribution in [0.4, 0.5) is 10.7 Å². The molecule has 0 aliphatic heterocycles. The van der Waals surface area contributed by atoms with E-state index in [1.54, 1.807) is 34.0 Å². The van der Waals surface area contributed by atoms with Crippen molar-refractivity contribution in [2.24, 2.45) is 5.92 Å². The van der Waals surface area contributed by atoms with Gasteiger partial charge in [-0.1, -0.05) is 25.2 Å². The highest BCUT2D eigenvalue weighted by Gasteiger charge is 2.25. The molecule has 2 rings (SSSR count). The summed E-state index contributed by atoms with van der Waals surface area (Å²) in [5.41, 5.74) is 5.67. The third-order valence-electron chi connectivity index (χ3n) is 4.75. The Balaban J connectivity index is 1.92. The number of hydrogen-bond donors (Lipinski definition) is 2. The molecule has 1 aromatic rings. The van der Waals surface area contributed by atoms with Gasteiger partial charge in [0.2, 0.25) is 17.7 Å². The molecule has 1 saturated carbocycles. The fourth-order valence-corrected chi connectivity index (χ4v) is 3.30. The lowest BCUT2D eigenvalue weighted by molar-refractivity contribution is -0.123. The van der Waals surface area contributed by atoms with E-state index in [0.717, 1.165) is 32.1 Å². The van der Waals surface area contributed by atoms with Crippen molar-refractivity contribution in [3.05, 3.63) is 11.8 Å². The maximum atomic E-state index is 12.4. The van der Waals surface area contributed by atoms with Crippen LogP contribution in [0.15, 0.2) is 6.20 Å². The van der Waals surface area contributed by atoms with E-state index in [4.69, 9.17) is 15.2 Å². The molecule has 1 aliphatic rings. The van der Waals surface area contributed by atoms with E-state index < -0.39 is 11.7 Å². The Morgan fingerprint density at radius 3 is 2.78 bits per heavy atom.